The maximum Gasteiger partial charge on any atom is 0.330 e. The predicted octanol–water partition coefficient (Wildman–Crippen LogP) is 3.24. The summed E-state index contributed by atoms with van der Waals surface area (Å²) >= 11 is 0. The van der Waals surface area contributed by atoms with Crippen LogP contribution < -0.4 is 0 Å². The van der Waals surface area contributed by atoms with Crippen molar-refractivity contribution in [2.24, 2.45) is 0 Å². The number of carbonyl (C=O) groups is 1. The van der Waals surface area contributed by atoms with E-state index in [2.05, 4.69) is 20.1 Å². The van der Waals surface area contributed by atoms with Crippen molar-refractivity contribution in [1.82, 2.24) is 0 Å². The molecule has 1 atom stereocenters. The topological polar surface area (TPSA) is 26.3 Å². The fourth-order valence-electron chi connectivity index (χ4n) is 1.25. The summed E-state index contributed by atoms with van der Waals surface area (Å²) in [5, 5.41) is 0. The van der Waals surface area contributed by atoms with Gasteiger partial charge in [0.05, 0.1) is 0 Å². The molecule has 0 bridgehead atoms. The van der Waals surface area contributed by atoms with Crippen LogP contribution in [0.25, 0.3) is 0 Å². The molecule has 0 fully saturated rings. The van der Waals surface area contributed by atoms with Crippen molar-refractivity contribution in [3.05, 3.63) is 25.3 Å². The fourth-order valence-corrected chi connectivity index (χ4v) is 1.25. The molecule has 0 aromatic rings. The number of hydrogen-bond donors (Lipinski definition) is 0. The van der Waals surface area contributed by atoms with Gasteiger partial charge in [-0.15, -0.1) is 6.58 Å². The second kappa shape index (κ2) is 8.54. The molecule has 0 rings (SSSR count). The normalized spacial score (nSPS) is 11.8. The van der Waals surface area contributed by atoms with Crippen molar-refractivity contribution < 1.29 is 9.53 Å². The number of esters is 1. The Hall–Kier alpha value is -1.05. The van der Waals surface area contributed by atoms with Gasteiger partial charge in [-0.2, -0.15) is 0 Å². The highest BCUT2D eigenvalue weighted by Gasteiger charge is 2.09. The first kappa shape index (κ1) is 12.9. The summed E-state index contributed by atoms with van der Waals surface area (Å²) < 4.78 is 5.16. The molecule has 2 nitrogen and oxygen atoms in total. The van der Waals surface area contributed by atoms with Crippen molar-refractivity contribution in [2.75, 3.05) is 0 Å². The van der Waals surface area contributed by atoms with Gasteiger partial charge in [0.25, 0.3) is 0 Å². The van der Waals surface area contributed by atoms with Crippen LogP contribution in [-0.4, -0.2) is 12.1 Å². The maximum atomic E-state index is 11.0. The molecule has 0 aliphatic rings. The molecule has 14 heavy (non-hydrogen) atoms. The molecular formula is C12H20O2. The molecule has 0 radical (unpaired) electrons. The van der Waals surface area contributed by atoms with Crippen LogP contribution in [0.3, 0.4) is 0 Å². The lowest BCUT2D eigenvalue weighted by molar-refractivity contribution is -0.143. The first-order chi connectivity index (χ1) is 6.74. The van der Waals surface area contributed by atoms with Crippen LogP contribution in [-0.2, 0) is 9.53 Å². The third-order valence-electron chi connectivity index (χ3n) is 2.01. The Morgan fingerprint density at radius 2 is 2.14 bits per heavy atom. The Morgan fingerprint density at radius 3 is 2.64 bits per heavy atom. The zero-order valence-electron chi connectivity index (χ0n) is 9.00. The second-order valence-electron chi connectivity index (χ2n) is 3.28. The van der Waals surface area contributed by atoms with E-state index in [0.717, 1.165) is 19.3 Å². The molecule has 0 unspecified atom stereocenters. The van der Waals surface area contributed by atoms with Crippen LogP contribution in [0.4, 0.5) is 0 Å². The van der Waals surface area contributed by atoms with Gasteiger partial charge >= 0.3 is 5.97 Å². The molecule has 0 spiro atoms. The number of rotatable bonds is 8. The molecule has 0 aliphatic carbocycles. The van der Waals surface area contributed by atoms with Gasteiger partial charge in [-0.25, -0.2) is 4.79 Å². The number of ether oxygens (including phenoxy) is 1. The van der Waals surface area contributed by atoms with Gasteiger partial charge in [0, 0.05) is 12.5 Å². The lowest BCUT2D eigenvalue weighted by Crippen LogP contribution is -2.15. The van der Waals surface area contributed by atoms with Crippen LogP contribution in [0.2, 0.25) is 0 Å². The summed E-state index contributed by atoms with van der Waals surface area (Å²) in [5.41, 5.74) is 0. The molecule has 0 aromatic heterocycles. The summed E-state index contributed by atoms with van der Waals surface area (Å²) in [5.74, 6) is -0.339. The Bertz CT molecular complexity index is 185. The van der Waals surface area contributed by atoms with Crippen molar-refractivity contribution in [3.63, 3.8) is 0 Å². The van der Waals surface area contributed by atoms with Crippen molar-refractivity contribution in [3.8, 4) is 0 Å². The number of carbonyl (C=O) groups excluding carboxylic acids is 1. The Balaban J connectivity index is 3.81. The molecule has 0 heterocycles. The van der Waals surface area contributed by atoms with E-state index in [4.69, 9.17) is 4.74 Å². The summed E-state index contributed by atoms with van der Waals surface area (Å²) in [4.78, 5) is 11.0. The van der Waals surface area contributed by atoms with Crippen LogP contribution >= 0.6 is 0 Å². The van der Waals surface area contributed by atoms with E-state index >= 15 is 0 Å². The van der Waals surface area contributed by atoms with Crippen LogP contribution in [0.15, 0.2) is 25.3 Å². The molecule has 80 valence electrons. The van der Waals surface area contributed by atoms with E-state index in [0.29, 0.717) is 0 Å². The smallest absolute Gasteiger partial charge is 0.330 e. The molecule has 0 aliphatic heterocycles. The summed E-state index contributed by atoms with van der Waals surface area (Å²) in [6.07, 6.45) is 8.06. The highest BCUT2D eigenvalue weighted by atomic mass is 16.5. The van der Waals surface area contributed by atoms with Gasteiger partial charge in [0.15, 0.2) is 0 Å². The third kappa shape index (κ3) is 6.46. The van der Waals surface area contributed by atoms with Gasteiger partial charge in [-0.1, -0.05) is 32.4 Å². The summed E-state index contributed by atoms with van der Waals surface area (Å²) in [6, 6.07) is 0. The minimum atomic E-state index is -0.339. The minimum Gasteiger partial charge on any atom is -0.459 e. The van der Waals surface area contributed by atoms with Gasteiger partial charge in [0.2, 0.25) is 0 Å². The predicted molar refractivity (Wildman–Crippen MR) is 59.0 cm³/mol. The quantitative estimate of drug-likeness (QED) is 0.258. The van der Waals surface area contributed by atoms with Crippen LogP contribution in [0.5, 0.6) is 0 Å². The first-order valence-electron chi connectivity index (χ1n) is 5.18. The average Bonchev–Trinajstić information content (AvgIpc) is 2.18. The van der Waals surface area contributed by atoms with Crippen LogP contribution in [0, 0.1) is 0 Å². The monoisotopic (exact) mass is 196 g/mol. The Labute approximate surface area is 86.6 Å². The Kier molecular flexibility index (Phi) is 7.90. The zero-order chi connectivity index (χ0) is 10.8. The van der Waals surface area contributed by atoms with Gasteiger partial charge < -0.3 is 4.74 Å². The summed E-state index contributed by atoms with van der Waals surface area (Å²) in [7, 11) is 0. The van der Waals surface area contributed by atoms with E-state index in [-0.39, 0.29) is 12.1 Å². The third-order valence-corrected chi connectivity index (χ3v) is 2.01. The largest absolute Gasteiger partial charge is 0.459 e. The molecule has 2 heteroatoms. The van der Waals surface area contributed by atoms with E-state index in [1.165, 1.54) is 18.9 Å². The highest BCUT2D eigenvalue weighted by molar-refractivity contribution is 5.81. The molecule has 0 saturated heterocycles. The van der Waals surface area contributed by atoms with Gasteiger partial charge in [0.1, 0.15) is 6.10 Å². The van der Waals surface area contributed by atoms with E-state index in [1.54, 1.807) is 6.08 Å². The summed E-state index contributed by atoms with van der Waals surface area (Å²) in [6.45, 7) is 9.17. The Morgan fingerprint density at radius 1 is 1.43 bits per heavy atom. The fraction of sp³-hybridized carbons (Fsp3) is 0.583. The molecule has 0 saturated carbocycles. The van der Waals surface area contributed by atoms with Crippen molar-refractivity contribution in [1.29, 1.82) is 0 Å². The number of hydrogen-bond acceptors (Lipinski definition) is 2. The van der Waals surface area contributed by atoms with E-state index < -0.39 is 0 Å². The maximum absolute atomic E-state index is 11.0. The van der Waals surface area contributed by atoms with Gasteiger partial charge in [-0.3, -0.25) is 0 Å². The molecule has 0 N–H and O–H groups in total. The van der Waals surface area contributed by atoms with Crippen LogP contribution in [0.1, 0.15) is 39.0 Å². The second-order valence-corrected chi connectivity index (χ2v) is 3.28. The van der Waals surface area contributed by atoms with Gasteiger partial charge in [-0.05, 0) is 12.8 Å². The first-order valence-corrected chi connectivity index (χ1v) is 5.18. The van der Waals surface area contributed by atoms with E-state index in [1.807, 2.05) is 0 Å². The minimum absolute atomic E-state index is 0.0236. The number of unbranched alkanes of at least 4 members (excludes halogenated alkanes) is 2. The average molecular weight is 196 g/mol. The molecule has 0 amide bonds. The molecular weight excluding hydrogens is 176 g/mol. The molecule has 0 aromatic carbocycles. The zero-order valence-corrected chi connectivity index (χ0v) is 9.00. The SMILES string of the molecule is C=CC[C@@H](CCCCC)OC(=O)C=C. The lowest BCUT2D eigenvalue weighted by atomic mass is 10.1. The highest BCUT2D eigenvalue weighted by Crippen LogP contribution is 2.11. The van der Waals surface area contributed by atoms with Crippen molar-refractivity contribution >= 4 is 5.97 Å². The van der Waals surface area contributed by atoms with E-state index in [9.17, 15) is 4.79 Å². The standard InChI is InChI=1S/C12H20O2/c1-4-7-8-10-11(9-5-2)14-12(13)6-3/h5-6,11H,2-4,7-10H2,1H3/t11-/m0/s1. The lowest BCUT2D eigenvalue weighted by Gasteiger charge is -2.14. The van der Waals surface area contributed by atoms with Crippen molar-refractivity contribution in [2.45, 2.75) is 45.1 Å².